The Morgan fingerprint density at radius 2 is 3.00 bits per heavy atom. The summed E-state index contributed by atoms with van der Waals surface area (Å²) in [7, 11) is 0. The van der Waals surface area contributed by atoms with Gasteiger partial charge in [0.25, 0.3) is 0 Å². The Bertz CT molecular complexity index is 438. The second-order valence-corrected chi connectivity index (χ2v) is 1.45. The molecule has 0 radical (unpaired) electrons. The van der Waals surface area contributed by atoms with E-state index in [9.17, 15) is 0 Å². The summed E-state index contributed by atoms with van der Waals surface area (Å²) in [6, 6.07) is 0. The highest BCUT2D eigenvalue weighted by Crippen LogP contribution is 1.97. The molecule has 0 spiro atoms. The monoisotopic (exact) mass is 131 g/mol. The maximum atomic E-state index is 7.57. The van der Waals surface area contributed by atoms with Crippen LogP contribution < -0.4 is 5.32 Å². The minimum Gasteiger partial charge on any atom is -0.315 e. The van der Waals surface area contributed by atoms with E-state index in [0.29, 0.717) is 4.57 Å². The lowest BCUT2D eigenvalue weighted by atomic mass is 10.4. The number of aromatic nitrogens is 3. The molecule has 9 heavy (non-hydrogen) atoms. The highest BCUT2D eigenvalue weighted by Gasteiger charge is 2.06. The van der Waals surface area contributed by atoms with Crippen molar-refractivity contribution in [3.8, 4) is 0 Å². The Balaban J connectivity index is 2.73. The lowest BCUT2D eigenvalue weighted by molar-refractivity contribution is 0.505. The van der Waals surface area contributed by atoms with Crippen molar-refractivity contribution in [2.75, 3.05) is 6.50 Å². The molecule has 2 heterocycles. The molecule has 0 aromatic carbocycles. The first-order valence-corrected chi connectivity index (χ1v) is 2.32. The smallest absolute Gasteiger partial charge is 0.146 e. The van der Waals surface area contributed by atoms with Crippen LogP contribution in [0.15, 0.2) is 6.30 Å². The zero-order valence-corrected chi connectivity index (χ0v) is 4.34. The van der Waals surface area contributed by atoms with Gasteiger partial charge >= 0.3 is 0 Å². The molecule has 1 aromatic heterocycles. The first-order chi connectivity index (χ1) is 7.09. The summed E-state index contributed by atoms with van der Waals surface area (Å²) in [4.78, 5) is 0. The van der Waals surface area contributed by atoms with E-state index in [1.807, 2.05) is 5.32 Å². The van der Waals surface area contributed by atoms with E-state index in [0.717, 1.165) is 0 Å². The first-order valence-electron chi connectivity index (χ1n) is 5.82. The highest BCUT2D eigenvalue weighted by molar-refractivity contribution is 4.87. The van der Waals surface area contributed by atoms with Gasteiger partial charge < -0.3 is 9.88 Å². The van der Waals surface area contributed by atoms with Crippen LogP contribution in [0.4, 0.5) is 0 Å². The molecule has 0 atom stereocenters. The molecule has 0 fully saturated rings. The standard InChI is InChI=1S/C5H8N4/c1-2-9-4-7-8-5(9)3-6-1/h4,6H,1-3H2/i1D2,2D2,3D2,4D. The van der Waals surface area contributed by atoms with Gasteiger partial charge in [-0.05, 0) is 0 Å². The number of rotatable bonds is 0. The zero-order chi connectivity index (χ0) is 12.4. The molecule has 1 N–H and O–H groups in total. The van der Waals surface area contributed by atoms with Crippen LogP contribution in [0.25, 0.3) is 0 Å². The summed E-state index contributed by atoms with van der Waals surface area (Å²) in [5.74, 6) is -0.447. The third-order valence-corrected chi connectivity index (χ3v) is 0.906. The Hall–Kier alpha value is -0.900. The lowest BCUT2D eigenvalue weighted by Crippen LogP contribution is -2.27. The van der Waals surface area contributed by atoms with Crippen LogP contribution in [0.1, 0.15) is 15.4 Å². The quantitative estimate of drug-likeness (QED) is 0.510. The number of nitrogens with zero attached hydrogens (tertiary/aromatic N) is 3. The van der Waals surface area contributed by atoms with Gasteiger partial charge in [-0.2, -0.15) is 0 Å². The van der Waals surface area contributed by atoms with E-state index in [4.69, 9.17) is 9.60 Å². The van der Waals surface area contributed by atoms with Crippen molar-refractivity contribution in [3.63, 3.8) is 0 Å². The van der Waals surface area contributed by atoms with E-state index in [1.54, 1.807) is 0 Å². The van der Waals surface area contributed by atoms with Crippen molar-refractivity contribution >= 4 is 0 Å². The normalized spacial score (nSPS) is 45.6. The number of nitrogens with one attached hydrogen (secondary N) is 1. The molecular formula is C5H8N4. The predicted octanol–water partition coefficient (Wildman–Crippen LogP) is -0.619. The lowest BCUT2D eigenvalue weighted by Gasteiger charge is -2.12. The summed E-state index contributed by atoms with van der Waals surface area (Å²) in [5, 5.41) is 8.48. The fraction of sp³-hybridized carbons (Fsp3) is 0.600. The summed E-state index contributed by atoms with van der Waals surface area (Å²) in [6.45, 7) is -7.67. The molecule has 0 unspecified atom stereocenters. The Morgan fingerprint density at radius 3 is 4.00 bits per heavy atom. The maximum absolute atomic E-state index is 7.57. The number of fused-ring (bicyclic) bond motifs is 1. The molecule has 0 bridgehead atoms. The van der Waals surface area contributed by atoms with Gasteiger partial charge in [-0.1, -0.05) is 0 Å². The minimum atomic E-state index is -2.66. The second kappa shape index (κ2) is 1.80. The molecule has 4 heteroatoms. The molecule has 0 aliphatic carbocycles. The van der Waals surface area contributed by atoms with Crippen molar-refractivity contribution in [1.82, 2.24) is 20.1 Å². The van der Waals surface area contributed by atoms with Gasteiger partial charge in [0, 0.05) is 15.7 Å². The van der Waals surface area contributed by atoms with Crippen LogP contribution >= 0.6 is 0 Å². The molecule has 1 aliphatic rings. The molecule has 4 nitrogen and oxygen atoms in total. The van der Waals surface area contributed by atoms with Gasteiger partial charge in [0.15, 0.2) is 0 Å². The van der Waals surface area contributed by atoms with Crippen molar-refractivity contribution in [1.29, 1.82) is 0 Å². The molecule has 0 amide bonds. The van der Waals surface area contributed by atoms with Crippen molar-refractivity contribution in [3.05, 3.63) is 12.1 Å². The van der Waals surface area contributed by atoms with Crippen LogP contribution in [0.5, 0.6) is 0 Å². The van der Waals surface area contributed by atoms with Crippen molar-refractivity contribution in [2.24, 2.45) is 0 Å². The van der Waals surface area contributed by atoms with Crippen LogP contribution in [-0.4, -0.2) is 21.3 Å². The van der Waals surface area contributed by atoms with Gasteiger partial charge in [0.05, 0.1) is 12.0 Å². The summed E-state index contributed by atoms with van der Waals surface area (Å²) >= 11 is 0. The van der Waals surface area contributed by atoms with E-state index >= 15 is 0 Å². The summed E-state index contributed by atoms with van der Waals surface area (Å²) in [5.41, 5.74) is 0. The van der Waals surface area contributed by atoms with E-state index in [2.05, 4.69) is 10.2 Å². The molecule has 1 aliphatic heterocycles. The minimum absolute atomic E-state index is 0.447. The average molecular weight is 131 g/mol. The molecule has 2 rings (SSSR count). The zero-order valence-electron chi connectivity index (χ0n) is 11.3. The van der Waals surface area contributed by atoms with E-state index < -0.39 is 31.6 Å². The van der Waals surface area contributed by atoms with Crippen LogP contribution in [0, 0.1) is 0 Å². The van der Waals surface area contributed by atoms with Gasteiger partial charge in [0.2, 0.25) is 0 Å². The van der Waals surface area contributed by atoms with Gasteiger partial charge in [0.1, 0.15) is 13.5 Å². The second-order valence-electron chi connectivity index (χ2n) is 1.45. The van der Waals surface area contributed by atoms with E-state index in [1.165, 1.54) is 0 Å². The third kappa shape index (κ3) is 0.712. The topological polar surface area (TPSA) is 42.7 Å². The number of hydrogen-bond donors (Lipinski definition) is 1. The molecule has 0 saturated heterocycles. The first kappa shape index (κ1) is 1.58. The fourth-order valence-corrected chi connectivity index (χ4v) is 0.536. The summed E-state index contributed by atoms with van der Waals surface area (Å²) < 4.78 is 52.8. The molecule has 1 aromatic rings. The SMILES string of the molecule is [2H]c1nnc2n1C([2H])([2H])C([2H])([2H])NC2([2H])[2H]. The van der Waals surface area contributed by atoms with Gasteiger partial charge in [-0.3, -0.25) is 0 Å². The Labute approximate surface area is 62.7 Å². The third-order valence-electron chi connectivity index (χ3n) is 0.906. The number of hydrogen-bond acceptors (Lipinski definition) is 3. The van der Waals surface area contributed by atoms with Crippen molar-refractivity contribution in [2.45, 2.75) is 13.0 Å². The van der Waals surface area contributed by atoms with Gasteiger partial charge in [-0.25, -0.2) is 0 Å². The molecular weight excluding hydrogens is 116 g/mol. The molecule has 0 saturated carbocycles. The molecule has 48 valence electrons. The van der Waals surface area contributed by atoms with E-state index in [-0.39, 0.29) is 0 Å². The highest BCUT2D eigenvalue weighted by atomic mass is 15.3. The summed E-state index contributed by atoms with van der Waals surface area (Å²) in [6.07, 6.45) is -0.616. The Morgan fingerprint density at radius 1 is 2.00 bits per heavy atom. The van der Waals surface area contributed by atoms with Crippen LogP contribution in [0.3, 0.4) is 0 Å². The van der Waals surface area contributed by atoms with Crippen LogP contribution in [0.2, 0.25) is 0 Å². The largest absolute Gasteiger partial charge is 0.315 e. The van der Waals surface area contributed by atoms with Crippen LogP contribution in [-0.2, 0) is 13.0 Å². The average Bonchev–Trinajstić information content (AvgIpc) is 2.44. The fourth-order valence-electron chi connectivity index (χ4n) is 0.536. The van der Waals surface area contributed by atoms with Crippen molar-refractivity contribution < 1.29 is 9.60 Å². The maximum Gasteiger partial charge on any atom is 0.146 e. The predicted molar refractivity (Wildman–Crippen MR) is 31.7 cm³/mol. The van der Waals surface area contributed by atoms with Gasteiger partial charge in [-0.15, -0.1) is 10.2 Å². The Kier molecular flexibility index (Phi) is 0.316.